The van der Waals surface area contributed by atoms with Crippen molar-refractivity contribution < 1.29 is 14.3 Å². The molecule has 0 aliphatic heterocycles. The molecule has 1 aromatic carbocycles. The van der Waals surface area contributed by atoms with Crippen molar-refractivity contribution in [1.82, 2.24) is 15.1 Å². The van der Waals surface area contributed by atoms with Gasteiger partial charge in [-0.2, -0.15) is 5.10 Å². The molecule has 130 valence electrons. The Balaban J connectivity index is 2.30. The number of amides is 1. The maximum atomic E-state index is 12.7. The fraction of sp³-hybridized carbons (Fsp3) is 0.471. The van der Waals surface area contributed by atoms with E-state index in [-0.39, 0.29) is 18.0 Å². The lowest BCUT2D eigenvalue weighted by Crippen LogP contribution is -2.34. The quantitative estimate of drug-likeness (QED) is 0.832. The Morgan fingerprint density at radius 1 is 1.29 bits per heavy atom. The van der Waals surface area contributed by atoms with E-state index in [1.165, 1.54) is 14.2 Å². The third kappa shape index (κ3) is 3.84. The third-order valence-corrected chi connectivity index (χ3v) is 3.70. The van der Waals surface area contributed by atoms with Gasteiger partial charge in [0, 0.05) is 11.9 Å². The van der Waals surface area contributed by atoms with Gasteiger partial charge < -0.3 is 14.8 Å². The first-order chi connectivity index (χ1) is 11.5. The molecular formula is C17H23N3O4. The van der Waals surface area contributed by atoms with E-state index in [2.05, 4.69) is 24.3 Å². The maximum Gasteiger partial charge on any atom is 0.279 e. The van der Waals surface area contributed by atoms with E-state index in [0.29, 0.717) is 34.7 Å². The predicted molar refractivity (Wildman–Crippen MR) is 91.6 cm³/mol. The number of fused-ring (bicyclic) bond motifs is 1. The molecule has 0 spiro atoms. The van der Waals surface area contributed by atoms with Crippen LogP contribution in [0.3, 0.4) is 0 Å². The molecule has 0 aliphatic carbocycles. The summed E-state index contributed by atoms with van der Waals surface area (Å²) in [6, 6.07) is 3.45. The third-order valence-electron chi connectivity index (χ3n) is 3.70. The Kier molecular flexibility index (Phi) is 5.78. The zero-order valence-electron chi connectivity index (χ0n) is 14.5. The highest BCUT2D eigenvalue weighted by atomic mass is 16.5. The molecule has 7 heteroatoms. The monoisotopic (exact) mass is 333 g/mol. The van der Waals surface area contributed by atoms with Gasteiger partial charge in [-0.1, -0.05) is 13.8 Å². The first-order valence-corrected chi connectivity index (χ1v) is 7.85. The molecule has 0 radical (unpaired) electrons. The van der Waals surface area contributed by atoms with Crippen LogP contribution in [0.2, 0.25) is 0 Å². The van der Waals surface area contributed by atoms with Gasteiger partial charge in [0.1, 0.15) is 6.54 Å². The van der Waals surface area contributed by atoms with E-state index in [1.807, 2.05) is 0 Å². The summed E-state index contributed by atoms with van der Waals surface area (Å²) < 4.78 is 11.7. The zero-order valence-corrected chi connectivity index (χ0v) is 14.5. The van der Waals surface area contributed by atoms with Gasteiger partial charge in [-0.3, -0.25) is 9.59 Å². The summed E-state index contributed by atoms with van der Waals surface area (Å²) in [5, 5.41) is 7.84. The number of ether oxygens (including phenoxy) is 2. The number of nitrogens with one attached hydrogen (secondary N) is 1. The molecule has 1 aromatic heterocycles. The van der Waals surface area contributed by atoms with Crippen LogP contribution in [0.4, 0.5) is 0 Å². The number of aromatic nitrogens is 2. The molecule has 2 aromatic rings. The molecule has 7 nitrogen and oxygen atoms in total. The molecule has 0 atom stereocenters. The van der Waals surface area contributed by atoms with Crippen molar-refractivity contribution in [2.24, 2.45) is 5.92 Å². The van der Waals surface area contributed by atoms with Crippen LogP contribution in [0.1, 0.15) is 20.3 Å². The molecule has 1 heterocycles. The first kappa shape index (κ1) is 17.8. The SMILES string of the molecule is COc1ccc2cnn(CC(=O)NCCC(C)C)c(=O)c2c1OC. The molecular weight excluding hydrogens is 310 g/mol. The Morgan fingerprint density at radius 2 is 2.04 bits per heavy atom. The Labute approximate surface area is 140 Å². The van der Waals surface area contributed by atoms with Gasteiger partial charge in [0.2, 0.25) is 5.91 Å². The van der Waals surface area contributed by atoms with E-state index >= 15 is 0 Å². The Morgan fingerprint density at radius 3 is 2.67 bits per heavy atom. The lowest BCUT2D eigenvalue weighted by atomic mass is 10.1. The zero-order chi connectivity index (χ0) is 17.7. The van der Waals surface area contributed by atoms with Crippen LogP contribution in [-0.2, 0) is 11.3 Å². The fourth-order valence-electron chi connectivity index (χ4n) is 2.39. The molecule has 0 saturated heterocycles. The number of benzene rings is 1. The van der Waals surface area contributed by atoms with E-state index in [0.717, 1.165) is 11.1 Å². The molecule has 1 N–H and O–H groups in total. The minimum atomic E-state index is -0.387. The van der Waals surface area contributed by atoms with Crippen molar-refractivity contribution in [3.63, 3.8) is 0 Å². The molecule has 0 bridgehead atoms. The number of nitrogens with zero attached hydrogens (tertiary/aromatic N) is 2. The van der Waals surface area contributed by atoms with Crippen molar-refractivity contribution in [2.45, 2.75) is 26.8 Å². The number of hydrogen-bond acceptors (Lipinski definition) is 5. The normalized spacial score (nSPS) is 10.9. The number of rotatable bonds is 7. The molecule has 0 fully saturated rings. The second-order valence-corrected chi connectivity index (χ2v) is 5.91. The fourth-order valence-corrected chi connectivity index (χ4v) is 2.39. The van der Waals surface area contributed by atoms with Gasteiger partial charge in [-0.15, -0.1) is 0 Å². The second-order valence-electron chi connectivity index (χ2n) is 5.91. The predicted octanol–water partition coefficient (Wildman–Crippen LogP) is 1.58. The topological polar surface area (TPSA) is 82.5 Å². The van der Waals surface area contributed by atoms with Crippen LogP contribution >= 0.6 is 0 Å². The highest BCUT2D eigenvalue weighted by Gasteiger charge is 2.15. The van der Waals surface area contributed by atoms with Gasteiger partial charge in [-0.25, -0.2) is 4.68 Å². The number of carbonyl (C=O) groups is 1. The van der Waals surface area contributed by atoms with Crippen LogP contribution in [0.15, 0.2) is 23.1 Å². The smallest absolute Gasteiger partial charge is 0.279 e. The number of carbonyl (C=O) groups excluding carboxylic acids is 1. The van der Waals surface area contributed by atoms with Crippen molar-refractivity contribution in [3.05, 3.63) is 28.7 Å². The Bertz CT molecular complexity index is 783. The number of hydrogen-bond donors (Lipinski definition) is 1. The molecule has 24 heavy (non-hydrogen) atoms. The lowest BCUT2D eigenvalue weighted by Gasteiger charge is -2.12. The van der Waals surface area contributed by atoms with E-state index in [4.69, 9.17) is 9.47 Å². The second kappa shape index (κ2) is 7.81. The lowest BCUT2D eigenvalue weighted by molar-refractivity contribution is -0.121. The minimum absolute atomic E-state index is 0.132. The van der Waals surface area contributed by atoms with Crippen LogP contribution in [0.5, 0.6) is 11.5 Å². The summed E-state index contributed by atoms with van der Waals surface area (Å²) >= 11 is 0. The van der Waals surface area contributed by atoms with Gasteiger partial charge in [0.15, 0.2) is 11.5 Å². The standard InChI is InChI=1S/C17H23N3O4/c1-11(2)7-8-18-14(21)10-20-17(22)15-12(9-19-20)5-6-13(23-3)16(15)24-4/h5-6,9,11H,7-8,10H2,1-4H3,(H,18,21). The summed E-state index contributed by atoms with van der Waals surface area (Å²) in [4.78, 5) is 24.7. The van der Waals surface area contributed by atoms with E-state index in [1.54, 1.807) is 18.3 Å². The van der Waals surface area contributed by atoms with E-state index in [9.17, 15) is 9.59 Å². The molecule has 0 aliphatic rings. The first-order valence-electron chi connectivity index (χ1n) is 7.85. The van der Waals surface area contributed by atoms with E-state index < -0.39 is 0 Å². The van der Waals surface area contributed by atoms with Crippen molar-refractivity contribution in [3.8, 4) is 11.5 Å². The van der Waals surface area contributed by atoms with Gasteiger partial charge >= 0.3 is 0 Å². The van der Waals surface area contributed by atoms with Gasteiger partial charge in [0.25, 0.3) is 5.56 Å². The summed E-state index contributed by atoms with van der Waals surface area (Å²) in [6.45, 7) is 4.62. The van der Waals surface area contributed by atoms with Crippen molar-refractivity contribution in [2.75, 3.05) is 20.8 Å². The molecule has 2 rings (SSSR count). The molecule has 1 amide bonds. The average molecular weight is 333 g/mol. The highest BCUT2D eigenvalue weighted by Crippen LogP contribution is 2.32. The average Bonchev–Trinajstić information content (AvgIpc) is 2.56. The summed E-state index contributed by atoms with van der Waals surface area (Å²) in [6.07, 6.45) is 2.43. The molecule has 0 unspecified atom stereocenters. The molecule has 0 saturated carbocycles. The Hall–Kier alpha value is -2.57. The highest BCUT2D eigenvalue weighted by molar-refractivity contribution is 5.89. The summed E-state index contributed by atoms with van der Waals surface area (Å²) in [7, 11) is 2.98. The maximum absolute atomic E-state index is 12.7. The van der Waals surface area contributed by atoms with Crippen LogP contribution in [0.25, 0.3) is 10.8 Å². The van der Waals surface area contributed by atoms with Crippen molar-refractivity contribution in [1.29, 1.82) is 0 Å². The summed E-state index contributed by atoms with van der Waals surface area (Å²) in [5.41, 5.74) is -0.387. The largest absolute Gasteiger partial charge is 0.493 e. The minimum Gasteiger partial charge on any atom is -0.493 e. The number of methoxy groups -OCH3 is 2. The van der Waals surface area contributed by atoms with Crippen molar-refractivity contribution >= 4 is 16.7 Å². The van der Waals surface area contributed by atoms with Gasteiger partial charge in [0.05, 0.1) is 25.8 Å². The van der Waals surface area contributed by atoms with Crippen LogP contribution < -0.4 is 20.3 Å². The van der Waals surface area contributed by atoms with Crippen LogP contribution in [-0.4, -0.2) is 36.5 Å². The van der Waals surface area contributed by atoms with Crippen LogP contribution in [0, 0.1) is 5.92 Å². The summed E-state index contributed by atoms with van der Waals surface area (Å²) in [5.74, 6) is 1.06. The van der Waals surface area contributed by atoms with Gasteiger partial charge in [-0.05, 0) is 24.5 Å².